The zero-order valence-corrected chi connectivity index (χ0v) is 19.1. The molecule has 0 aliphatic heterocycles. The van der Waals surface area contributed by atoms with E-state index in [-0.39, 0.29) is 32.0 Å². The van der Waals surface area contributed by atoms with Crippen molar-refractivity contribution in [3.05, 3.63) is 48.0 Å². The highest BCUT2D eigenvalue weighted by atomic mass is 16.6. The van der Waals surface area contributed by atoms with Crippen LogP contribution in [0, 0.1) is 0 Å². The lowest BCUT2D eigenvalue weighted by Gasteiger charge is -2.20. The predicted octanol–water partition coefficient (Wildman–Crippen LogP) is 1.86. The van der Waals surface area contributed by atoms with Gasteiger partial charge in [-0.3, -0.25) is 9.59 Å². The van der Waals surface area contributed by atoms with Crippen molar-refractivity contribution >= 4 is 23.9 Å². The molecule has 0 spiro atoms. The molecular formula is C23H33N3O6. The van der Waals surface area contributed by atoms with Crippen LogP contribution in [0.25, 0.3) is 0 Å². The Kier molecular flexibility index (Phi) is 11.5. The lowest BCUT2D eigenvalue weighted by Crippen LogP contribution is -2.48. The molecule has 1 aromatic carbocycles. The van der Waals surface area contributed by atoms with E-state index in [9.17, 15) is 19.2 Å². The Balaban J connectivity index is 2.61. The van der Waals surface area contributed by atoms with E-state index in [1.165, 1.54) is 12.2 Å². The van der Waals surface area contributed by atoms with Gasteiger partial charge in [0.25, 0.3) is 0 Å². The number of carbonyl (C=O) groups is 4. The van der Waals surface area contributed by atoms with Crippen molar-refractivity contribution in [1.29, 1.82) is 0 Å². The molecule has 0 radical (unpaired) electrons. The van der Waals surface area contributed by atoms with Gasteiger partial charge in [-0.15, -0.1) is 0 Å². The second kappa shape index (κ2) is 13.8. The van der Waals surface area contributed by atoms with Crippen LogP contribution in [0.2, 0.25) is 0 Å². The van der Waals surface area contributed by atoms with E-state index in [0.29, 0.717) is 6.42 Å². The number of esters is 1. The van der Waals surface area contributed by atoms with Gasteiger partial charge in [-0.2, -0.15) is 0 Å². The van der Waals surface area contributed by atoms with Crippen LogP contribution in [0.4, 0.5) is 4.79 Å². The number of amides is 3. The van der Waals surface area contributed by atoms with E-state index >= 15 is 0 Å². The molecule has 1 rings (SSSR count). The lowest BCUT2D eigenvalue weighted by atomic mass is 10.0. The maximum atomic E-state index is 12.6. The van der Waals surface area contributed by atoms with Crippen molar-refractivity contribution in [2.45, 2.75) is 52.2 Å². The Morgan fingerprint density at radius 3 is 2.38 bits per heavy atom. The molecule has 0 heterocycles. The fourth-order valence-corrected chi connectivity index (χ4v) is 2.55. The van der Waals surface area contributed by atoms with Crippen LogP contribution in [-0.4, -0.2) is 55.2 Å². The van der Waals surface area contributed by atoms with Crippen molar-refractivity contribution in [2.24, 2.45) is 0 Å². The van der Waals surface area contributed by atoms with E-state index in [4.69, 9.17) is 9.47 Å². The second-order valence-corrected chi connectivity index (χ2v) is 7.89. The third-order valence-electron chi connectivity index (χ3n) is 3.89. The summed E-state index contributed by atoms with van der Waals surface area (Å²) in [6.45, 7) is 7.38. The Bertz CT molecular complexity index is 787. The fraction of sp³-hybridized carbons (Fsp3) is 0.478. The summed E-state index contributed by atoms with van der Waals surface area (Å²) in [6.07, 6.45) is 2.37. The summed E-state index contributed by atoms with van der Waals surface area (Å²) in [7, 11) is 0. The zero-order chi connectivity index (χ0) is 24.0. The molecule has 1 atom stereocenters. The molecule has 9 heteroatoms. The molecule has 0 bridgehead atoms. The maximum absolute atomic E-state index is 12.6. The Morgan fingerprint density at radius 2 is 1.75 bits per heavy atom. The summed E-state index contributed by atoms with van der Waals surface area (Å²) in [6, 6.07) is 8.45. The highest BCUT2D eigenvalue weighted by Gasteiger charge is 2.21. The van der Waals surface area contributed by atoms with Crippen molar-refractivity contribution < 1.29 is 28.7 Å². The van der Waals surface area contributed by atoms with E-state index in [1.807, 2.05) is 30.3 Å². The molecule has 0 aliphatic rings. The van der Waals surface area contributed by atoms with E-state index in [2.05, 4.69) is 16.0 Å². The first-order chi connectivity index (χ1) is 15.1. The van der Waals surface area contributed by atoms with Crippen LogP contribution in [0.3, 0.4) is 0 Å². The average molecular weight is 448 g/mol. The Hall–Kier alpha value is -3.36. The van der Waals surface area contributed by atoms with Crippen LogP contribution in [0.15, 0.2) is 42.5 Å². The van der Waals surface area contributed by atoms with Gasteiger partial charge in [0.2, 0.25) is 11.8 Å². The van der Waals surface area contributed by atoms with Crippen molar-refractivity contribution in [3.8, 4) is 0 Å². The normalized spacial score (nSPS) is 12.0. The molecule has 0 aromatic heterocycles. The first kappa shape index (κ1) is 26.7. The molecule has 3 amide bonds. The van der Waals surface area contributed by atoms with Gasteiger partial charge >= 0.3 is 12.1 Å². The molecule has 1 unspecified atom stereocenters. The minimum atomic E-state index is -0.817. The average Bonchev–Trinajstić information content (AvgIpc) is 2.70. The zero-order valence-electron chi connectivity index (χ0n) is 19.1. The number of hydrogen-bond acceptors (Lipinski definition) is 6. The first-order valence-electron chi connectivity index (χ1n) is 10.5. The van der Waals surface area contributed by atoms with Crippen LogP contribution < -0.4 is 16.0 Å². The van der Waals surface area contributed by atoms with Crippen LogP contribution in [-0.2, 0) is 30.3 Å². The summed E-state index contributed by atoms with van der Waals surface area (Å²) in [5.41, 5.74) is 0.245. The Labute approximate surface area is 188 Å². The molecular weight excluding hydrogens is 414 g/mol. The lowest BCUT2D eigenvalue weighted by molar-refractivity contribution is -0.137. The SMILES string of the molecule is CCOC(=O)C=CCNC(=O)C(Cc1ccccc1)NC(=O)CCNC(=O)OC(C)(C)C. The minimum absolute atomic E-state index is 0.0133. The van der Waals surface area contributed by atoms with Gasteiger partial charge in [0.05, 0.1) is 6.61 Å². The third kappa shape index (κ3) is 12.4. The number of benzene rings is 1. The molecule has 0 saturated heterocycles. The van der Waals surface area contributed by atoms with Crippen molar-refractivity contribution in [1.82, 2.24) is 16.0 Å². The first-order valence-corrected chi connectivity index (χ1v) is 10.5. The number of rotatable bonds is 11. The monoisotopic (exact) mass is 447 g/mol. The summed E-state index contributed by atoms with van der Waals surface area (Å²) in [5, 5.41) is 7.88. The fourth-order valence-electron chi connectivity index (χ4n) is 2.55. The quantitative estimate of drug-likeness (QED) is 0.352. The van der Waals surface area contributed by atoms with Gasteiger partial charge in [-0.05, 0) is 33.3 Å². The smallest absolute Gasteiger partial charge is 0.407 e. The molecule has 0 fully saturated rings. The number of ether oxygens (including phenoxy) is 2. The second-order valence-electron chi connectivity index (χ2n) is 7.89. The van der Waals surface area contributed by atoms with Crippen LogP contribution in [0.5, 0.6) is 0 Å². The number of carbonyl (C=O) groups excluding carboxylic acids is 4. The Morgan fingerprint density at radius 1 is 1.06 bits per heavy atom. The molecule has 0 aliphatic carbocycles. The van der Waals surface area contributed by atoms with E-state index < -0.39 is 29.6 Å². The number of alkyl carbamates (subject to hydrolysis) is 1. The molecule has 1 aromatic rings. The molecule has 32 heavy (non-hydrogen) atoms. The highest BCUT2D eigenvalue weighted by Crippen LogP contribution is 2.06. The largest absolute Gasteiger partial charge is 0.463 e. The molecule has 0 saturated carbocycles. The summed E-state index contributed by atoms with van der Waals surface area (Å²) in [4.78, 5) is 48.0. The van der Waals surface area contributed by atoms with Crippen LogP contribution >= 0.6 is 0 Å². The van der Waals surface area contributed by atoms with Crippen molar-refractivity contribution in [2.75, 3.05) is 19.7 Å². The predicted molar refractivity (Wildman–Crippen MR) is 120 cm³/mol. The standard InChI is InChI=1S/C23H33N3O6/c1-5-31-20(28)12-9-14-24-21(29)18(16-17-10-7-6-8-11-17)26-19(27)13-15-25-22(30)32-23(2,3)4/h6-12,18H,5,13-16H2,1-4H3,(H,24,29)(H,25,30)(H,26,27). The van der Waals surface area contributed by atoms with Gasteiger partial charge in [-0.25, -0.2) is 9.59 Å². The topological polar surface area (TPSA) is 123 Å². The van der Waals surface area contributed by atoms with Crippen LogP contribution in [0.1, 0.15) is 39.7 Å². The molecule has 9 nitrogen and oxygen atoms in total. The van der Waals surface area contributed by atoms with E-state index in [0.717, 1.165) is 5.56 Å². The maximum Gasteiger partial charge on any atom is 0.407 e. The summed E-state index contributed by atoms with van der Waals surface area (Å²) in [5.74, 6) is -1.27. The van der Waals surface area contributed by atoms with Gasteiger partial charge in [0.1, 0.15) is 11.6 Å². The number of hydrogen-bond donors (Lipinski definition) is 3. The highest BCUT2D eigenvalue weighted by molar-refractivity contribution is 5.88. The van der Waals surface area contributed by atoms with E-state index in [1.54, 1.807) is 27.7 Å². The minimum Gasteiger partial charge on any atom is -0.463 e. The van der Waals surface area contributed by atoms with Gasteiger partial charge < -0.3 is 25.4 Å². The third-order valence-corrected chi connectivity index (χ3v) is 3.89. The summed E-state index contributed by atoms with van der Waals surface area (Å²) >= 11 is 0. The van der Waals surface area contributed by atoms with Crippen molar-refractivity contribution in [3.63, 3.8) is 0 Å². The molecule has 176 valence electrons. The van der Waals surface area contributed by atoms with Gasteiger partial charge in [0, 0.05) is 32.0 Å². The summed E-state index contributed by atoms with van der Waals surface area (Å²) < 4.78 is 9.89. The van der Waals surface area contributed by atoms with Gasteiger partial charge in [-0.1, -0.05) is 36.4 Å². The van der Waals surface area contributed by atoms with Gasteiger partial charge in [0.15, 0.2) is 0 Å². The molecule has 3 N–H and O–H groups in total. The number of nitrogens with one attached hydrogen (secondary N) is 3.